The summed E-state index contributed by atoms with van der Waals surface area (Å²) in [6.07, 6.45) is 1.92. The molecule has 0 aliphatic heterocycles. The van der Waals surface area contributed by atoms with E-state index in [-0.39, 0.29) is 5.91 Å². The molecule has 0 spiro atoms. The van der Waals surface area contributed by atoms with Crippen molar-refractivity contribution in [2.45, 2.75) is 19.9 Å². The molecule has 0 fully saturated rings. The monoisotopic (exact) mass is 384 g/mol. The second kappa shape index (κ2) is 7.40. The number of nitrogens with zero attached hydrogens (tertiary/aromatic N) is 3. The third-order valence-electron chi connectivity index (χ3n) is 3.47. The number of carbonyl (C=O) groups is 1. The van der Waals surface area contributed by atoms with Gasteiger partial charge in [-0.25, -0.2) is 9.67 Å². The van der Waals surface area contributed by atoms with Gasteiger partial charge in [0.2, 0.25) is 11.9 Å². The first-order valence-electron chi connectivity index (χ1n) is 7.58. The van der Waals surface area contributed by atoms with Crippen molar-refractivity contribution in [2.75, 3.05) is 5.32 Å². The molecule has 3 aromatic rings. The van der Waals surface area contributed by atoms with Crippen molar-refractivity contribution in [2.24, 2.45) is 0 Å². The normalized spacial score (nSPS) is 10.6. The highest BCUT2D eigenvalue weighted by Gasteiger charge is 2.08. The summed E-state index contributed by atoms with van der Waals surface area (Å²) in [5, 5.41) is 7.03. The molecule has 1 N–H and O–H groups in total. The van der Waals surface area contributed by atoms with Crippen LogP contribution in [0.3, 0.4) is 0 Å². The predicted molar refractivity (Wildman–Crippen MR) is 96.8 cm³/mol. The first-order chi connectivity index (χ1) is 11.6. The largest absolute Gasteiger partial charge is 0.293 e. The van der Waals surface area contributed by atoms with Gasteiger partial charge in [-0.15, -0.1) is 5.10 Å². The van der Waals surface area contributed by atoms with Crippen LogP contribution in [0.15, 0.2) is 59.3 Å². The number of anilines is 1. The van der Waals surface area contributed by atoms with E-state index in [1.54, 1.807) is 11.0 Å². The van der Waals surface area contributed by atoms with E-state index in [4.69, 9.17) is 0 Å². The van der Waals surface area contributed by atoms with Gasteiger partial charge < -0.3 is 0 Å². The summed E-state index contributed by atoms with van der Waals surface area (Å²) in [7, 11) is 0. The first kappa shape index (κ1) is 16.4. The number of hydrogen-bond donors (Lipinski definition) is 1. The minimum atomic E-state index is -0.124. The van der Waals surface area contributed by atoms with Crippen LogP contribution in [-0.4, -0.2) is 20.7 Å². The van der Waals surface area contributed by atoms with Gasteiger partial charge in [-0.3, -0.25) is 10.1 Å². The first-order valence-corrected chi connectivity index (χ1v) is 8.37. The molecule has 0 aliphatic carbocycles. The van der Waals surface area contributed by atoms with Gasteiger partial charge in [0, 0.05) is 4.47 Å². The SMILES string of the molecule is Cc1cccc(CC(=O)Nc2ncn(Cc3cccc(Br)c3)n2)c1. The van der Waals surface area contributed by atoms with Crippen LogP contribution in [0.1, 0.15) is 16.7 Å². The minimum absolute atomic E-state index is 0.124. The molecule has 0 radical (unpaired) electrons. The maximum absolute atomic E-state index is 12.1. The molecule has 2 aromatic carbocycles. The highest BCUT2D eigenvalue weighted by molar-refractivity contribution is 9.10. The summed E-state index contributed by atoms with van der Waals surface area (Å²) < 4.78 is 2.72. The van der Waals surface area contributed by atoms with Gasteiger partial charge in [0.25, 0.3) is 0 Å². The van der Waals surface area contributed by atoms with Crippen LogP contribution in [0.2, 0.25) is 0 Å². The number of aryl methyl sites for hydroxylation is 1. The van der Waals surface area contributed by atoms with Crippen molar-refractivity contribution in [3.8, 4) is 0 Å². The summed E-state index contributed by atoms with van der Waals surface area (Å²) in [6.45, 7) is 2.60. The van der Waals surface area contributed by atoms with Crippen molar-refractivity contribution in [1.29, 1.82) is 0 Å². The maximum Gasteiger partial charge on any atom is 0.248 e. The van der Waals surface area contributed by atoms with Crippen LogP contribution >= 0.6 is 15.9 Å². The number of carbonyl (C=O) groups excluding carboxylic acids is 1. The van der Waals surface area contributed by atoms with Gasteiger partial charge in [-0.05, 0) is 30.2 Å². The van der Waals surface area contributed by atoms with E-state index in [0.717, 1.165) is 21.2 Å². The molecule has 5 nitrogen and oxygen atoms in total. The van der Waals surface area contributed by atoms with Crippen molar-refractivity contribution in [1.82, 2.24) is 14.8 Å². The zero-order chi connectivity index (χ0) is 16.9. The summed E-state index contributed by atoms with van der Waals surface area (Å²) in [4.78, 5) is 16.2. The number of aromatic nitrogens is 3. The fraction of sp³-hybridized carbons (Fsp3) is 0.167. The van der Waals surface area contributed by atoms with Gasteiger partial charge in [-0.1, -0.05) is 57.9 Å². The van der Waals surface area contributed by atoms with Crippen LogP contribution in [0.5, 0.6) is 0 Å². The predicted octanol–water partition coefficient (Wildman–Crippen LogP) is 3.58. The van der Waals surface area contributed by atoms with Gasteiger partial charge in [0.1, 0.15) is 6.33 Å². The van der Waals surface area contributed by atoms with Crippen LogP contribution in [0, 0.1) is 6.92 Å². The molecule has 0 unspecified atom stereocenters. The number of amides is 1. The quantitative estimate of drug-likeness (QED) is 0.731. The maximum atomic E-state index is 12.1. The Bertz CT molecular complexity index is 859. The lowest BCUT2D eigenvalue weighted by Crippen LogP contribution is -2.15. The number of halogens is 1. The van der Waals surface area contributed by atoms with Crippen molar-refractivity contribution in [3.05, 3.63) is 76.0 Å². The molecule has 24 heavy (non-hydrogen) atoms. The van der Waals surface area contributed by atoms with Gasteiger partial charge >= 0.3 is 0 Å². The topological polar surface area (TPSA) is 59.8 Å². The molecule has 1 heterocycles. The number of hydrogen-bond acceptors (Lipinski definition) is 3. The van der Waals surface area contributed by atoms with Crippen LogP contribution in [0.25, 0.3) is 0 Å². The van der Waals surface area contributed by atoms with E-state index in [0.29, 0.717) is 18.9 Å². The molecule has 122 valence electrons. The zero-order valence-electron chi connectivity index (χ0n) is 13.2. The second-order valence-corrected chi connectivity index (χ2v) is 6.53. The fourth-order valence-electron chi connectivity index (χ4n) is 2.43. The fourth-order valence-corrected chi connectivity index (χ4v) is 2.87. The Hall–Kier alpha value is -2.47. The van der Waals surface area contributed by atoms with Crippen LogP contribution in [-0.2, 0) is 17.8 Å². The molecule has 0 atom stereocenters. The Balaban J connectivity index is 1.60. The molecule has 1 aromatic heterocycles. The molecular formula is C18H17BrN4O. The van der Waals surface area contributed by atoms with E-state index in [2.05, 4.69) is 31.3 Å². The number of rotatable bonds is 5. The molecule has 1 amide bonds. The van der Waals surface area contributed by atoms with E-state index in [9.17, 15) is 4.79 Å². The lowest BCUT2D eigenvalue weighted by molar-refractivity contribution is -0.115. The standard InChI is InChI=1S/C18H17BrN4O/c1-13-4-2-5-14(8-13)10-17(24)21-18-20-12-23(22-18)11-15-6-3-7-16(19)9-15/h2-9,12H,10-11H2,1H3,(H,21,22,24). The summed E-state index contributed by atoms with van der Waals surface area (Å²) >= 11 is 3.45. The number of benzene rings is 2. The minimum Gasteiger partial charge on any atom is -0.293 e. The average molecular weight is 385 g/mol. The van der Waals surface area contributed by atoms with E-state index < -0.39 is 0 Å². The van der Waals surface area contributed by atoms with Gasteiger partial charge in [0.05, 0.1) is 13.0 Å². The molecule has 0 saturated carbocycles. The highest BCUT2D eigenvalue weighted by Crippen LogP contribution is 2.13. The van der Waals surface area contributed by atoms with E-state index in [1.165, 1.54) is 0 Å². The third-order valence-corrected chi connectivity index (χ3v) is 3.96. The van der Waals surface area contributed by atoms with Gasteiger partial charge in [0.15, 0.2) is 0 Å². The Kier molecular flexibility index (Phi) is 5.05. The smallest absolute Gasteiger partial charge is 0.248 e. The molecule has 0 saturated heterocycles. The Morgan fingerprint density at radius 3 is 2.75 bits per heavy atom. The van der Waals surface area contributed by atoms with E-state index >= 15 is 0 Å². The van der Waals surface area contributed by atoms with Crippen molar-refractivity contribution >= 4 is 27.8 Å². The average Bonchev–Trinajstić information content (AvgIpc) is 2.94. The second-order valence-electron chi connectivity index (χ2n) is 5.61. The van der Waals surface area contributed by atoms with Crippen molar-refractivity contribution < 1.29 is 4.79 Å². The number of nitrogens with one attached hydrogen (secondary N) is 1. The summed E-state index contributed by atoms with van der Waals surface area (Å²) in [5.41, 5.74) is 3.21. The van der Waals surface area contributed by atoms with Crippen LogP contribution < -0.4 is 5.32 Å². The lowest BCUT2D eigenvalue weighted by Gasteiger charge is -2.03. The lowest BCUT2D eigenvalue weighted by atomic mass is 10.1. The highest BCUT2D eigenvalue weighted by atomic mass is 79.9. The Morgan fingerprint density at radius 2 is 1.96 bits per heavy atom. The summed E-state index contributed by atoms with van der Waals surface area (Å²) in [5.74, 6) is 0.198. The molecule has 0 bridgehead atoms. The Morgan fingerprint density at radius 1 is 1.17 bits per heavy atom. The molecular weight excluding hydrogens is 368 g/mol. The Labute approximate surface area is 148 Å². The zero-order valence-corrected chi connectivity index (χ0v) is 14.8. The van der Waals surface area contributed by atoms with E-state index in [1.807, 2.05) is 55.5 Å². The van der Waals surface area contributed by atoms with Crippen molar-refractivity contribution in [3.63, 3.8) is 0 Å². The molecule has 0 aliphatic rings. The van der Waals surface area contributed by atoms with Crippen LogP contribution in [0.4, 0.5) is 5.95 Å². The van der Waals surface area contributed by atoms with Gasteiger partial charge in [-0.2, -0.15) is 0 Å². The molecule has 6 heteroatoms. The molecule has 3 rings (SSSR count). The third kappa shape index (κ3) is 4.52. The summed E-state index contributed by atoms with van der Waals surface area (Å²) in [6, 6.07) is 15.9.